The van der Waals surface area contributed by atoms with Crippen molar-refractivity contribution in [2.75, 3.05) is 6.61 Å². The number of fused-ring (bicyclic) bond motifs is 1. The predicted molar refractivity (Wildman–Crippen MR) is 81.6 cm³/mol. The SMILES string of the molecule is CCOc1ccccc1OCc1nn2c(=O)c(C)nnc2s1. The lowest BCUT2D eigenvalue weighted by Crippen LogP contribution is -2.19. The summed E-state index contributed by atoms with van der Waals surface area (Å²) in [6, 6.07) is 7.42. The number of aryl methyl sites for hydroxylation is 1. The number of hydrogen-bond acceptors (Lipinski definition) is 7. The van der Waals surface area contributed by atoms with Crippen LogP contribution in [0.5, 0.6) is 11.5 Å². The van der Waals surface area contributed by atoms with E-state index >= 15 is 0 Å². The number of ether oxygens (including phenoxy) is 2. The molecule has 114 valence electrons. The normalized spacial score (nSPS) is 10.8. The quantitative estimate of drug-likeness (QED) is 0.714. The van der Waals surface area contributed by atoms with Crippen LogP contribution in [0.1, 0.15) is 17.6 Å². The third-order valence-corrected chi connectivity index (χ3v) is 3.76. The van der Waals surface area contributed by atoms with Gasteiger partial charge in [0.05, 0.1) is 6.61 Å². The van der Waals surface area contributed by atoms with E-state index in [4.69, 9.17) is 9.47 Å². The Bertz CT molecular complexity index is 859. The Hall–Kier alpha value is -2.48. The van der Waals surface area contributed by atoms with Crippen LogP contribution in [0, 0.1) is 6.92 Å². The molecule has 7 nitrogen and oxygen atoms in total. The minimum absolute atomic E-state index is 0.233. The van der Waals surface area contributed by atoms with E-state index in [1.807, 2.05) is 31.2 Å². The summed E-state index contributed by atoms with van der Waals surface area (Å²) in [6.45, 7) is 4.32. The molecule has 0 amide bonds. The molecule has 2 heterocycles. The Morgan fingerprint density at radius 1 is 1.18 bits per heavy atom. The van der Waals surface area contributed by atoms with E-state index in [0.717, 1.165) is 0 Å². The van der Waals surface area contributed by atoms with Crippen LogP contribution < -0.4 is 15.0 Å². The summed E-state index contributed by atoms with van der Waals surface area (Å²) in [6.07, 6.45) is 0. The second-order valence-electron chi connectivity index (χ2n) is 4.45. The van der Waals surface area contributed by atoms with Gasteiger partial charge in [-0.05, 0) is 26.0 Å². The Balaban J connectivity index is 1.83. The van der Waals surface area contributed by atoms with Gasteiger partial charge in [0.25, 0.3) is 5.56 Å². The molecule has 1 aromatic carbocycles. The van der Waals surface area contributed by atoms with Gasteiger partial charge >= 0.3 is 0 Å². The highest BCUT2D eigenvalue weighted by Crippen LogP contribution is 2.27. The average Bonchev–Trinajstić information content (AvgIpc) is 2.94. The van der Waals surface area contributed by atoms with Gasteiger partial charge in [0.1, 0.15) is 12.3 Å². The minimum Gasteiger partial charge on any atom is -0.490 e. The van der Waals surface area contributed by atoms with Gasteiger partial charge in [0.15, 0.2) is 16.5 Å². The fourth-order valence-corrected chi connectivity index (χ4v) is 2.62. The van der Waals surface area contributed by atoms with Crippen LogP contribution in [0.4, 0.5) is 0 Å². The summed E-state index contributed by atoms with van der Waals surface area (Å²) >= 11 is 1.27. The van der Waals surface area contributed by atoms with Gasteiger partial charge in [-0.2, -0.15) is 9.61 Å². The lowest BCUT2D eigenvalue weighted by molar-refractivity contribution is 0.268. The largest absolute Gasteiger partial charge is 0.490 e. The highest BCUT2D eigenvalue weighted by atomic mass is 32.1. The van der Waals surface area contributed by atoms with Crippen LogP contribution in [-0.2, 0) is 6.61 Å². The van der Waals surface area contributed by atoms with E-state index in [2.05, 4.69) is 15.3 Å². The standard InChI is InChI=1S/C14H14N4O3S/c1-3-20-10-6-4-5-7-11(10)21-8-12-17-18-13(19)9(2)15-16-14(18)22-12/h4-7H,3,8H2,1-2H3. The fourth-order valence-electron chi connectivity index (χ4n) is 1.87. The number of hydrogen-bond donors (Lipinski definition) is 0. The molecule has 0 atom stereocenters. The molecule has 0 fully saturated rings. The van der Waals surface area contributed by atoms with E-state index in [-0.39, 0.29) is 12.2 Å². The number of aromatic nitrogens is 4. The molecule has 0 aliphatic rings. The Morgan fingerprint density at radius 2 is 1.91 bits per heavy atom. The van der Waals surface area contributed by atoms with Gasteiger partial charge in [-0.25, -0.2) is 0 Å². The summed E-state index contributed by atoms with van der Waals surface area (Å²) in [7, 11) is 0. The summed E-state index contributed by atoms with van der Waals surface area (Å²) in [5.74, 6) is 1.32. The molecule has 0 spiro atoms. The Labute approximate surface area is 130 Å². The van der Waals surface area contributed by atoms with Gasteiger partial charge in [-0.1, -0.05) is 23.5 Å². The van der Waals surface area contributed by atoms with Crippen LogP contribution in [-0.4, -0.2) is 26.4 Å². The van der Waals surface area contributed by atoms with Crippen molar-refractivity contribution in [3.8, 4) is 11.5 Å². The van der Waals surface area contributed by atoms with Crippen LogP contribution in [0.15, 0.2) is 29.1 Å². The summed E-state index contributed by atoms with van der Waals surface area (Å²) in [5.41, 5.74) is 0.0548. The van der Waals surface area contributed by atoms with Crippen molar-refractivity contribution in [2.24, 2.45) is 0 Å². The second-order valence-corrected chi connectivity index (χ2v) is 5.49. The number of nitrogens with zero attached hydrogens (tertiary/aromatic N) is 4. The zero-order valence-corrected chi connectivity index (χ0v) is 13.0. The molecular weight excluding hydrogens is 304 g/mol. The monoisotopic (exact) mass is 318 g/mol. The Morgan fingerprint density at radius 3 is 2.64 bits per heavy atom. The van der Waals surface area contributed by atoms with E-state index in [1.165, 1.54) is 15.9 Å². The third kappa shape index (κ3) is 2.77. The molecule has 0 bridgehead atoms. The van der Waals surface area contributed by atoms with Crippen LogP contribution in [0.2, 0.25) is 0 Å². The van der Waals surface area contributed by atoms with Crippen LogP contribution in [0.3, 0.4) is 0 Å². The molecule has 22 heavy (non-hydrogen) atoms. The van der Waals surface area contributed by atoms with E-state index in [0.29, 0.717) is 33.8 Å². The molecule has 0 N–H and O–H groups in total. The highest BCUT2D eigenvalue weighted by Gasteiger charge is 2.11. The minimum atomic E-state index is -0.262. The van der Waals surface area contributed by atoms with Gasteiger partial charge in [-0.3, -0.25) is 4.79 Å². The molecular formula is C14H14N4O3S. The number of benzene rings is 1. The average molecular weight is 318 g/mol. The molecule has 8 heteroatoms. The molecule has 0 aliphatic carbocycles. The highest BCUT2D eigenvalue weighted by molar-refractivity contribution is 7.16. The lowest BCUT2D eigenvalue weighted by atomic mass is 10.3. The maximum absolute atomic E-state index is 11.9. The molecule has 3 aromatic rings. The van der Waals surface area contributed by atoms with Crippen molar-refractivity contribution in [1.82, 2.24) is 19.8 Å². The number of para-hydroxylation sites is 2. The van der Waals surface area contributed by atoms with Crippen molar-refractivity contribution >= 4 is 16.3 Å². The Kier molecular flexibility index (Phi) is 4.01. The molecule has 0 saturated heterocycles. The van der Waals surface area contributed by atoms with Crippen molar-refractivity contribution < 1.29 is 9.47 Å². The van der Waals surface area contributed by atoms with Crippen molar-refractivity contribution in [1.29, 1.82) is 0 Å². The van der Waals surface area contributed by atoms with Gasteiger partial charge < -0.3 is 9.47 Å². The number of rotatable bonds is 5. The zero-order valence-electron chi connectivity index (χ0n) is 12.1. The summed E-state index contributed by atoms with van der Waals surface area (Å²) in [5, 5.41) is 12.6. The first-order valence-electron chi connectivity index (χ1n) is 6.75. The molecule has 2 aromatic heterocycles. The molecule has 0 saturated carbocycles. The topological polar surface area (TPSA) is 78.6 Å². The molecule has 0 radical (unpaired) electrons. The third-order valence-electron chi connectivity index (χ3n) is 2.89. The molecule has 0 unspecified atom stereocenters. The smallest absolute Gasteiger partial charge is 0.296 e. The van der Waals surface area contributed by atoms with Crippen molar-refractivity contribution in [3.05, 3.63) is 45.3 Å². The second kappa shape index (κ2) is 6.10. The fraction of sp³-hybridized carbons (Fsp3) is 0.286. The first-order valence-corrected chi connectivity index (χ1v) is 7.57. The molecule has 0 aliphatic heterocycles. The van der Waals surface area contributed by atoms with E-state index in [9.17, 15) is 4.79 Å². The van der Waals surface area contributed by atoms with E-state index < -0.39 is 0 Å². The van der Waals surface area contributed by atoms with E-state index in [1.54, 1.807) is 6.92 Å². The summed E-state index contributed by atoms with van der Waals surface area (Å²) in [4.78, 5) is 12.4. The predicted octanol–water partition coefficient (Wildman–Crippen LogP) is 1.83. The van der Waals surface area contributed by atoms with Gasteiger partial charge in [0.2, 0.25) is 4.96 Å². The van der Waals surface area contributed by atoms with Crippen molar-refractivity contribution in [2.45, 2.75) is 20.5 Å². The zero-order chi connectivity index (χ0) is 15.5. The molecule has 3 rings (SSSR count). The maximum Gasteiger partial charge on any atom is 0.296 e. The van der Waals surface area contributed by atoms with Crippen LogP contribution >= 0.6 is 11.3 Å². The van der Waals surface area contributed by atoms with Crippen molar-refractivity contribution in [3.63, 3.8) is 0 Å². The lowest BCUT2D eigenvalue weighted by Gasteiger charge is -2.10. The van der Waals surface area contributed by atoms with Gasteiger partial charge in [-0.15, -0.1) is 10.2 Å². The van der Waals surface area contributed by atoms with Gasteiger partial charge in [0, 0.05) is 0 Å². The summed E-state index contributed by atoms with van der Waals surface area (Å²) < 4.78 is 12.5. The maximum atomic E-state index is 11.9. The first kappa shape index (κ1) is 14.5. The van der Waals surface area contributed by atoms with Crippen LogP contribution in [0.25, 0.3) is 4.96 Å². The first-order chi connectivity index (χ1) is 10.7.